The molecule has 138 valence electrons. The predicted octanol–water partition coefficient (Wildman–Crippen LogP) is 5.41. The van der Waals surface area contributed by atoms with Crippen molar-refractivity contribution in [1.82, 2.24) is 9.80 Å². The average molecular weight is 477 g/mol. The lowest BCUT2D eigenvalue weighted by Gasteiger charge is -2.36. The maximum Gasteiger partial charge on any atom is 0.173 e. The first-order valence-electron chi connectivity index (χ1n) is 8.09. The van der Waals surface area contributed by atoms with Crippen LogP contribution in [0, 0.1) is 5.82 Å². The topological polar surface area (TPSA) is 18.5 Å². The Morgan fingerprint density at radius 1 is 1.08 bits per heavy atom. The second kappa shape index (κ2) is 8.85. The Morgan fingerprint density at radius 2 is 1.81 bits per heavy atom. The van der Waals surface area contributed by atoms with Crippen molar-refractivity contribution in [2.24, 2.45) is 0 Å². The molecule has 2 aromatic carbocycles. The lowest BCUT2D eigenvalue weighted by molar-refractivity contribution is 0.177. The fourth-order valence-electron chi connectivity index (χ4n) is 2.79. The van der Waals surface area contributed by atoms with Crippen molar-refractivity contribution >= 4 is 62.1 Å². The van der Waals surface area contributed by atoms with E-state index in [0.717, 1.165) is 48.4 Å². The van der Waals surface area contributed by atoms with Gasteiger partial charge in [0.15, 0.2) is 5.11 Å². The zero-order valence-electron chi connectivity index (χ0n) is 13.8. The quantitative estimate of drug-likeness (QED) is 0.596. The average Bonchev–Trinajstić information content (AvgIpc) is 2.61. The molecule has 26 heavy (non-hydrogen) atoms. The molecule has 1 aliphatic heterocycles. The Hall–Kier alpha value is -0.920. The fraction of sp³-hybridized carbons (Fsp3) is 0.278. The molecule has 1 fully saturated rings. The van der Waals surface area contributed by atoms with Crippen molar-refractivity contribution in [2.75, 3.05) is 31.5 Å². The summed E-state index contributed by atoms with van der Waals surface area (Å²) in [6.07, 6.45) is 0. The molecule has 1 aliphatic rings. The first kappa shape index (κ1) is 19.8. The molecule has 0 radical (unpaired) electrons. The van der Waals surface area contributed by atoms with Crippen molar-refractivity contribution in [3.05, 3.63) is 62.3 Å². The number of rotatable bonds is 3. The Labute approximate surface area is 176 Å². The first-order valence-corrected chi connectivity index (χ1v) is 10.1. The molecule has 0 spiro atoms. The van der Waals surface area contributed by atoms with Gasteiger partial charge in [0.1, 0.15) is 5.82 Å². The molecular weight excluding hydrogens is 460 g/mol. The molecule has 3 nitrogen and oxygen atoms in total. The molecule has 0 saturated carbocycles. The van der Waals surface area contributed by atoms with Gasteiger partial charge in [-0.25, -0.2) is 4.39 Å². The van der Waals surface area contributed by atoms with Gasteiger partial charge in [0.25, 0.3) is 0 Å². The summed E-state index contributed by atoms with van der Waals surface area (Å²) in [4.78, 5) is 4.43. The maximum atomic E-state index is 13.3. The molecule has 0 unspecified atom stereocenters. The minimum atomic E-state index is -0.386. The van der Waals surface area contributed by atoms with Crippen LogP contribution in [0.25, 0.3) is 0 Å². The van der Waals surface area contributed by atoms with Gasteiger partial charge in [0.2, 0.25) is 0 Å². The van der Waals surface area contributed by atoms with E-state index in [1.165, 1.54) is 6.07 Å². The van der Waals surface area contributed by atoms with Crippen molar-refractivity contribution in [3.8, 4) is 0 Å². The standard InChI is InChI=1S/C18H17BrCl2FN3S/c19-13-2-4-17(15(21)10-13)23-18(26)25-7-5-24(6-8-25)11-12-1-3-16(22)14(20)9-12/h1-4,9-10H,5-8,11H2,(H,23,26). The van der Waals surface area contributed by atoms with E-state index in [1.54, 1.807) is 12.1 Å². The Balaban J connectivity index is 1.52. The highest BCUT2D eigenvalue weighted by molar-refractivity contribution is 9.10. The Bertz CT molecular complexity index is 813. The number of piperazine rings is 1. The van der Waals surface area contributed by atoms with Gasteiger partial charge in [-0.1, -0.05) is 45.2 Å². The Kier molecular flexibility index (Phi) is 6.75. The van der Waals surface area contributed by atoms with Crippen LogP contribution in [0.2, 0.25) is 10.0 Å². The summed E-state index contributed by atoms with van der Waals surface area (Å²) in [5.41, 5.74) is 1.80. The fourth-order valence-corrected chi connectivity index (χ4v) is 4.01. The van der Waals surface area contributed by atoms with Crippen LogP contribution in [-0.2, 0) is 6.54 Å². The summed E-state index contributed by atoms with van der Waals surface area (Å²) in [6, 6.07) is 10.5. The van der Waals surface area contributed by atoms with Crippen LogP contribution in [0.1, 0.15) is 5.56 Å². The third-order valence-corrected chi connectivity index (χ3v) is 5.68. The minimum absolute atomic E-state index is 0.165. The monoisotopic (exact) mass is 475 g/mol. The summed E-state index contributed by atoms with van der Waals surface area (Å²) in [7, 11) is 0. The molecule has 3 rings (SSSR count). The highest BCUT2D eigenvalue weighted by atomic mass is 79.9. The van der Waals surface area contributed by atoms with Gasteiger partial charge >= 0.3 is 0 Å². The van der Waals surface area contributed by atoms with Crippen LogP contribution < -0.4 is 5.32 Å². The molecule has 1 heterocycles. The van der Waals surface area contributed by atoms with E-state index in [9.17, 15) is 4.39 Å². The van der Waals surface area contributed by atoms with E-state index in [-0.39, 0.29) is 10.8 Å². The van der Waals surface area contributed by atoms with Crippen molar-refractivity contribution < 1.29 is 4.39 Å². The lowest BCUT2D eigenvalue weighted by atomic mass is 10.2. The predicted molar refractivity (Wildman–Crippen MR) is 114 cm³/mol. The molecule has 0 aliphatic carbocycles. The number of benzene rings is 2. The van der Waals surface area contributed by atoms with E-state index < -0.39 is 0 Å². The highest BCUT2D eigenvalue weighted by Gasteiger charge is 2.19. The summed E-state index contributed by atoms with van der Waals surface area (Å²) >= 11 is 21.0. The van der Waals surface area contributed by atoms with Gasteiger partial charge in [-0.3, -0.25) is 4.90 Å². The Morgan fingerprint density at radius 3 is 2.46 bits per heavy atom. The second-order valence-corrected chi connectivity index (χ2v) is 8.18. The molecule has 1 N–H and O–H groups in total. The molecule has 2 aromatic rings. The molecule has 0 bridgehead atoms. The minimum Gasteiger partial charge on any atom is -0.346 e. The molecule has 0 aromatic heterocycles. The van der Waals surface area contributed by atoms with E-state index in [4.69, 9.17) is 35.4 Å². The van der Waals surface area contributed by atoms with Crippen molar-refractivity contribution in [1.29, 1.82) is 0 Å². The number of hydrogen-bond donors (Lipinski definition) is 1. The third kappa shape index (κ3) is 5.08. The van der Waals surface area contributed by atoms with Crippen LogP contribution >= 0.6 is 51.3 Å². The number of nitrogens with zero attached hydrogens (tertiary/aromatic N) is 2. The molecule has 0 atom stereocenters. The molecule has 1 saturated heterocycles. The highest BCUT2D eigenvalue weighted by Crippen LogP contribution is 2.26. The maximum absolute atomic E-state index is 13.3. The lowest BCUT2D eigenvalue weighted by Crippen LogP contribution is -2.49. The van der Waals surface area contributed by atoms with Gasteiger partial charge in [0, 0.05) is 37.2 Å². The van der Waals surface area contributed by atoms with Gasteiger partial charge < -0.3 is 10.2 Å². The van der Waals surface area contributed by atoms with E-state index in [0.29, 0.717) is 10.1 Å². The van der Waals surface area contributed by atoms with Gasteiger partial charge in [-0.2, -0.15) is 0 Å². The number of anilines is 1. The third-order valence-electron chi connectivity index (χ3n) is 4.22. The summed E-state index contributed by atoms with van der Waals surface area (Å²) in [5, 5.41) is 4.66. The van der Waals surface area contributed by atoms with Crippen LogP contribution in [0.15, 0.2) is 40.9 Å². The number of nitrogens with one attached hydrogen (secondary N) is 1. The van der Waals surface area contributed by atoms with Crippen LogP contribution in [0.5, 0.6) is 0 Å². The van der Waals surface area contributed by atoms with E-state index in [1.807, 2.05) is 18.2 Å². The smallest absolute Gasteiger partial charge is 0.173 e. The van der Waals surface area contributed by atoms with Gasteiger partial charge in [0.05, 0.1) is 15.7 Å². The van der Waals surface area contributed by atoms with Gasteiger partial charge in [-0.05, 0) is 48.1 Å². The van der Waals surface area contributed by atoms with Crippen molar-refractivity contribution in [3.63, 3.8) is 0 Å². The van der Waals surface area contributed by atoms with E-state index >= 15 is 0 Å². The number of halogens is 4. The zero-order valence-corrected chi connectivity index (χ0v) is 17.7. The van der Waals surface area contributed by atoms with Gasteiger partial charge in [-0.15, -0.1) is 0 Å². The largest absolute Gasteiger partial charge is 0.346 e. The SMILES string of the molecule is Fc1ccc(CN2CCN(C(=S)Nc3ccc(Br)cc3Cl)CC2)cc1Cl. The molecular formula is C18H17BrCl2FN3S. The van der Waals surface area contributed by atoms with E-state index in [2.05, 4.69) is 31.0 Å². The molecule has 8 heteroatoms. The first-order chi connectivity index (χ1) is 12.4. The normalized spacial score (nSPS) is 15.2. The summed E-state index contributed by atoms with van der Waals surface area (Å²) < 4.78 is 14.2. The number of hydrogen-bond acceptors (Lipinski definition) is 2. The van der Waals surface area contributed by atoms with Crippen LogP contribution in [0.3, 0.4) is 0 Å². The summed E-state index contributed by atoms with van der Waals surface area (Å²) in [6.45, 7) is 4.10. The van der Waals surface area contributed by atoms with Crippen LogP contribution in [0.4, 0.5) is 10.1 Å². The summed E-state index contributed by atoms with van der Waals surface area (Å²) in [5.74, 6) is -0.386. The number of thiocarbonyl (C=S) groups is 1. The van der Waals surface area contributed by atoms with Crippen molar-refractivity contribution in [2.45, 2.75) is 6.54 Å². The molecule has 0 amide bonds. The second-order valence-electron chi connectivity index (χ2n) is 6.07. The van der Waals surface area contributed by atoms with Crippen LogP contribution in [-0.4, -0.2) is 41.1 Å². The zero-order chi connectivity index (χ0) is 18.7.